The lowest BCUT2D eigenvalue weighted by molar-refractivity contribution is -0.137. The molecule has 0 aliphatic carbocycles. The van der Waals surface area contributed by atoms with Gasteiger partial charge in [-0.1, -0.05) is 18.9 Å². The number of carbonyl (C=O) groups excluding carboxylic acids is 4. The number of azo groups is 1. The number of carbonyl (C=O) groups is 4. The number of methoxy groups -OCH3 is 2. The summed E-state index contributed by atoms with van der Waals surface area (Å²) >= 11 is 5.67. The number of ketones is 1. The van der Waals surface area contributed by atoms with E-state index in [0.717, 1.165) is 25.7 Å². The van der Waals surface area contributed by atoms with E-state index in [4.69, 9.17) is 35.3 Å². The number of unbranched alkanes of at least 4 members (excludes halogenated alkanes) is 3. The van der Waals surface area contributed by atoms with Crippen LogP contribution in [0.4, 0.5) is 11.4 Å². The van der Waals surface area contributed by atoms with Gasteiger partial charge in [0, 0.05) is 61.7 Å². The molecule has 48 heavy (non-hydrogen) atoms. The standard InChI is InChI=1S/C34H43ClN4O9/c1-44-29-19-23(37-38-27-11-7-10-25-26(27)21-39(34(25)43)28-12-13-31(41)36-33(28)42)20-30(45-2)32(29)48-22-24(40)9-8-16-47-18-17-46-15-6-4-3-5-14-35/h7,10-11,19-20,28H,3-6,8-9,12-18,21-22H2,1-2H3,(H,36,41,42). The van der Waals surface area contributed by atoms with E-state index in [0.29, 0.717) is 79.1 Å². The van der Waals surface area contributed by atoms with Crippen molar-refractivity contribution in [2.24, 2.45) is 10.2 Å². The molecule has 0 aromatic heterocycles. The van der Waals surface area contributed by atoms with Crippen LogP contribution in [0, 0.1) is 0 Å². The highest BCUT2D eigenvalue weighted by Gasteiger charge is 2.39. The molecule has 1 N–H and O–H groups in total. The molecule has 1 atom stereocenters. The molecule has 0 bridgehead atoms. The van der Waals surface area contributed by atoms with Crippen molar-refractivity contribution in [3.8, 4) is 17.2 Å². The predicted molar refractivity (Wildman–Crippen MR) is 177 cm³/mol. The molecule has 1 saturated heterocycles. The van der Waals surface area contributed by atoms with Gasteiger partial charge in [0.15, 0.2) is 17.3 Å². The second-order valence-electron chi connectivity index (χ2n) is 11.3. The smallest absolute Gasteiger partial charge is 0.255 e. The van der Waals surface area contributed by atoms with Gasteiger partial charge in [-0.25, -0.2) is 0 Å². The van der Waals surface area contributed by atoms with Crippen LogP contribution >= 0.6 is 11.6 Å². The number of halogens is 1. The lowest BCUT2D eigenvalue weighted by atomic mass is 10.0. The fourth-order valence-corrected chi connectivity index (χ4v) is 5.60. The maximum atomic E-state index is 13.1. The minimum atomic E-state index is -0.731. The summed E-state index contributed by atoms with van der Waals surface area (Å²) in [6, 6.07) is 7.58. The van der Waals surface area contributed by atoms with Gasteiger partial charge in [0.25, 0.3) is 5.91 Å². The Bertz CT molecular complexity index is 1440. The van der Waals surface area contributed by atoms with E-state index in [1.807, 2.05) is 0 Å². The molecule has 4 rings (SSSR count). The molecular weight excluding hydrogens is 644 g/mol. The fourth-order valence-electron chi connectivity index (χ4n) is 5.41. The molecule has 2 aliphatic rings. The normalized spacial score (nSPS) is 15.9. The van der Waals surface area contributed by atoms with E-state index >= 15 is 0 Å². The van der Waals surface area contributed by atoms with Crippen molar-refractivity contribution in [3.05, 3.63) is 41.5 Å². The van der Waals surface area contributed by atoms with Crippen molar-refractivity contribution in [2.45, 2.75) is 64.0 Å². The molecular formula is C34H43ClN4O9. The number of amides is 3. The Hall–Kier alpha value is -4.07. The number of hydrogen-bond acceptors (Lipinski definition) is 11. The molecule has 3 amide bonds. The van der Waals surface area contributed by atoms with E-state index in [9.17, 15) is 19.2 Å². The number of benzene rings is 2. The molecule has 1 unspecified atom stereocenters. The van der Waals surface area contributed by atoms with E-state index in [-0.39, 0.29) is 49.3 Å². The number of alkyl halides is 1. The average Bonchev–Trinajstić information content (AvgIpc) is 3.42. The first-order chi connectivity index (χ1) is 23.4. The molecule has 0 radical (unpaired) electrons. The predicted octanol–water partition coefficient (Wildman–Crippen LogP) is 5.44. The van der Waals surface area contributed by atoms with Crippen LogP contribution in [0.1, 0.15) is 67.3 Å². The Morgan fingerprint density at radius 3 is 2.33 bits per heavy atom. The second kappa shape index (κ2) is 19.1. The number of nitrogens with one attached hydrogen (secondary N) is 1. The first kappa shape index (κ1) is 36.8. The zero-order valence-electron chi connectivity index (χ0n) is 27.5. The van der Waals surface area contributed by atoms with Crippen molar-refractivity contribution in [3.63, 3.8) is 0 Å². The van der Waals surface area contributed by atoms with Crippen molar-refractivity contribution >= 4 is 46.5 Å². The Balaban J connectivity index is 1.27. The largest absolute Gasteiger partial charge is 0.493 e. The van der Waals surface area contributed by atoms with Crippen molar-refractivity contribution in [1.29, 1.82) is 0 Å². The lowest BCUT2D eigenvalue weighted by Crippen LogP contribution is -2.52. The van der Waals surface area contributed by atoms with Gasteiger partial charge in [0.2, 0.25) is 17.6 Å². The maximum absolute atomic E-state index is 13.1. The van der Waals surface area contributed by atoms with Crippen LogP contribution in [-0.4, -0.2) is 87.6 Å². The number of ether oxygens (including phenoxy) is 5. The van der Waals surface area contributed by atoms with Gasteiger partial charge >= 0.3 is 0 Å². The highest BCUT2D eigenvalue weighted by molar-refractivity contribution is 6.17. The molecule has 14 heteroatoms. The maximum Gasteiger partial charge on any atom is 0.255 e. The second-order valence-corrected chi connectivity index (χ2v) is 11.7. The van der Waals surface area contributed by atoms with E-state index < -0.39 is 11.9 Å². The number of hydrogen-bond donors (Lipinski definition) is 1. The summed E-state index contributed by atoms with van der Waals surface area (Å²) in [6.07, 6.45) is 5.58. The van der Waals surface area contributed by atoms with Gasteiger partial charge in [-0.2, -0.15) is 10.2 Å². The zero-order chi connectivity index (χ0) is 34.3. The summed E-state index contributed by atoms with van der Waals surface area (Å²) < 4.78 is 27.9. The van der Waals surface area contributed by atoms with Crippen molar-refractivity contribution in [2.75, 3.05) is 53.1 Å². The van der Waals surface area contributed by atoms with E-state index in [2.05, 4.69) is 15.5 Å². The summed E-state index contributed by atoms with van der Waals surface area (Å²) in [7, 11) is 2.93. The first-order valence-corrected chi connectivity index (χ1v) is 16.7. The minimum absolute atomic E-state index is 0.0986. The SMILES string of the molecule is COc1cc(N=Nc2cccc3c2CN(C2CCC(=O)NC2=O)C3=O)cc(OC)c1OCC(=O)CCCOCCOCCCCCCCl. The zero-order valence-corrected chi connectivity index (χ0v) is 28.2. The number of Topliss-reactive ketones (excluding diaryl/α,β-unsaturated/α-hetero) is 1. The highest BCUT2D eigenvalue weighted by Crippen LogP contribution is 2.42. The topological polar surface area (TPSA) is 154 Å². The third-order valence-electron chi connectivity index (χ3n) is 7.94. The van der Waals surface area contributed by atoms with Gasteiger partial charge in [0.05, 0.1) is 38.8 Å². The molecule has 0 saturated carbocycles. The molecule has 2 aromatic carbocycles. The molecule has 0 spiro atoms. The molecule has 13 nitrogen and oxygen atoms in total. The number of fused-ring (bicyclic) bond motifs is 1. The third-order valence-corrected chi connectivity index (χ3v) is 8.21. The van der Waals surface area contributed by atoms with Crippen molar-refractivity contribution < 1.29 is 42.9 Å². The third kappa shape index (κ3) is 10.2. The molecule has 1 fully saturated rings. The van der Waals surface area contributed by atoms with Crippen LogP contribution in [0.2, 0.25) is 0 Å². The quantitative estimate of drug-likeness (QED) is 0.0782. The molecule has 2 heterocycles. The number of imide groups is 1. The first-order valence-electron chi connectivity index (χ1n) is 16.2. The van der Waals surface area contributed by atoms with Crippen LogP contribution in [-0.2, 0) is 30.4 Å². The lowest BCUT2D eigenvalue weighted by Gasteiger charge is -2.29. The Kier molecular flexibility index (Phi) is 14.6. The van der Waals surface area contributed by atoms with Crippen LogP contribution in [0.5, 0.6) is 17.2 Å². The summed E-state index contributed by atoms with van der Waals surface area (Å²) in [6.45, 7) is 2.16. The van der Waals surface area contributed by atoms with Crippen LogP contribution in [0.3, 0.4) is 0 Å². The van der Waals surface area contributed by atoms with Crippen LogP contribution < -0.4 is 19.5 Å². The Morgan fingerprint density at radius 1 is 0.938 bits per heavy atom. The van der Waals surface area contributed by atoms with Gasteiger partial charge in [-0.3, -0.25) is 24.5 Å². The van der Waals surface area contributed by atoms with Gasteiger partial charge < -0.3 is 28.6 Å². The van der Waals surface area contributed by atoms with Crippen molar-refractivity contribution in [1.82, 2.24) is 10.2 Å². The highest BCUT2D eigenvalue weighted by atomic mass is 35.5. The number of rotatable bonds is 21. The Labute approximate surface area is 285 Å². The molecule has 2 aromatic rings. The fraction of sp³-hybridized carbons (Fsp3) is 0.529. The minimum Gasteiger partial charge on any atom is -0.493 e. The summed E-state index contributed by atoms with van der Waals surface area (Å²) in [5.41, 5.74) is 1.92. The van der Waals surface area contributed by atoms with Gasteiger partial charge in [0.1, 0.15) is 12.6 Å². The number of nitrogens with zero attached hydrogens (tertiary/aromatic N) is 3. The van der Waals surface area contributed by atoms with Crippen LogP contribution in [0.15, 0.2) is 40.6 Å². The average molecular weight is 687 g/mol. The summed E-state index contributed by atoms with van der Waals surface area (Å²) in [4.78, 5) is 51.1. The molecule has 260 valence electrons. The van der Waals surface area contributed by atoms with Gasteiger partial charge in [-0.15, -0.1) is 11.6 Å². The monoisotopic (exact) mass is 686 g/mol. The molecule has 2 aliphatic heterocycles. The summed E-state index contributed by atoms with van der Waals surface area (Å²) in [5.74, 6) is 0.343. The van der Waals surface area contributed by atoms with Gasteiger partial charge in [-0.05, 0) is 37.8 Å². The van der Waals surface area contributed by atoms with Crippen LogP contribution in [0.25, 0.3) is 0 Å². The summed E-state index contributed by atoms with van der Waals surface area (Å²) in [5, 5.41) is 11.0. The number of piperidine rings is 1. The Morgan fingerprint density at radius 2 is 1.65 bits per heavy atom. The van der Waals surface area contributed by atoms with E-state index in [1.54, 1.807) is 30.3 Å². The van der Waals surface area contributed by atoms with E-state index in [1.165, 1.54) is 19.1 Å².